The van der Waals surface area contributed by atoms with E-state index in [0.717, 1.165) is 22.6 Å². The van der Waals surface area contributed by atoms with E-state index in [9.17, 15) is 9.59 Å². The van der Waals surface area contributed by atoms with Gasteiger partial charge in [0.15, 0.2) is 0 Å². The van der Waals surface area contributed by atoms with E-state index >= 15 is 0 Å². The standard InChI is InChI=1S/C25H24N2O3/c1-2-30-23-14-12-22(13-15-23)27-17-21(16-24(27)28)26-25(29)20-10-8-19(9-11-20)18-6-4-3-5-7-18/h3-15,21H,2,16-17H2,1H3,(H,26,29)/t21-/m0/s1. The topological polar surface area (TPSA) is 58.6 Å². The lowest BCUT2D eigenvalue weighted by Gasteiger charge is -2.18. The van der Waals surface area contributed by atoms with Crippen molar-refractivity contribution in [1.82, 2.24) is 5.32 Å². The smallest absolute Gasteiger partial charge is 0.251 e. The van der Waals surface area contributed by atoms with Gasteiger partial charge in [-0.15, -0.1) is 0 Å². The number of nitrogens with zero attached hydrogens (tertiary/aromatic N) is 1. The molecule has 3 aromatic rings. The molecule has 5 heteroatoms. The van der Waals surface area contributed by atoms with E-state index in [1.54, 1.807) is 4.90 Å². The van der Waals surface area contributed by atoms with E-state index in [1.165, 1.54) is 0 Å². The Balaban J connectivity index is 1.38. The molecule has 1 aliphatic heterocycles. The van der Waals surface area contributed by atoms with Crippen molar-refractivity contribution < 1.29 is 14.3 Å². The zero-order chi connectivity index (χ0) is 20.9. The Hall–Kier alpha value is -3.60. The molecule has 0 spiro atoms. The molecule has 1 aliphatic rings. The minimum absolute atomic E-state index is 0.00360. The summed E-state index contributed by atoms with van der Waals surface area (Å²) in [7, 11) is 0. The molecule has 1 saturated heterocycles. The number of hydrogen-bond donors (Lipinski definition) is 1. The number of hydrogen-bond acceptors (Lipinski definition) is 3. The van der Waals surface area contributed by atoms with Gasteiger partial charge < -0.3 is 15.0 Å². The maximum absolute atomic E-state index is 12.7. The number of ether oxygens (including phenoxy) is 1. The second-order valence-electron chi connectivity index (χ2n) is 7.25. The molecule has 5 nitrogen and oxygen atoms in total. The SMILES string of the molecule is CCOc1ccc(N2C[C@@H](NC(=O)c3ccc(-c4ccccc4)cc3)CC2=O)cc1. The summed E-state index contributed by atoms with van der Waals surface area (Å²) >= 11 is 0. The van der Waals surface area contributed by atoms with Crippen LogP contribution in [0, 0.1) is 0 Å². The molecule has 0 aromatic heterocycles. The Kier molecular flexibility index (Phi) is 5.80. The Morgan fingerprint density at radius 1 is 0.967 bits per heavy atom. The normalized spacial score (nSPS) is 15.8. The molecule has 4 rings (SSSR count). The van der Waals surface area contributed by atoms with E-state index in [4.69, 9.17) is 4.74 Å². The van der Waals surface area contributed by atoms with Crippen LogP contribution in [0.4, 0.5) is 5.69 Å². The van der Waals surface area contributed by atoms with Crippen molar-refractivity contribution in [2.24, 2.45) is 0 Å². The summed E-state index contributed by atoms with van der Waals surface area (Å²) in [6.07, 6.45) is 0.293. The van der Waals surface area contributed by atoms with Crippen LogP contribution in [-0.4, -0.2) is 31.0 Å². The highest BCUT2D eigenvalue weighted by Crippen LogP contribution is 2.25. The summed E-state index contributed by atoms with van der Waals surface area (Å²) in [5.41, 5.74) is 3.57. The number of benzene rings is 3. The van der Waals surface area contributed by atoms with Gasteiger partial charge in [0.1, 0.15) is 5.75 Å². The predicted molar refractivity (Wildman–Crippen MR) is 118 cm³/mol. The Bertz CT molecular complexity index is 1010. The van der Waals surface area contributed by atoms with Crippen LogP contribution in [0.5, 0.6) is 5.75 Å². The molecule has 3 aromatic carbocycles. The first kappa shape index (κ1) is 19.7. The Morgan fingerprint density at radius 2 is 1.63 bits per heavy atom. The largest absolute Gasteiger partial charge is 0.494 e. The molecule has 1 N–H and O–H groups in total. The van der Waals surface area contributed by atoms with Crippen LogP contribution in [0.25, 0.3) is 11.1 Å². The molecule has 0 radical (unpaired) electrons. The maximum Gasteiger partial charge on any atom is 0.251 e. The minimum atomic E-state index is -0.217. The second-order valence-corrected chi connectivity index (χ2v) is 7.25. The molecule has 1 heterocycles. The highest BCUT2D eigenvalue weighted by Gasteiger charge is 2.31. The van der Waals surface area contributed by atoms with Crippen molar-refractivity contribution in [2.75, 3.05) is 18.1 Å². The predicted octanol–water partition coefficient (Wildman–Crippen LogP) is 4.29. The van der Waals surface area contributed by atoms with Crippen molar-refractivity contribution >= 4 is 17.5 Å². The first-order valence-electron chi connectivity index (χ1n) is 10.1. The van der Waals surface area contributed by atoms with E-state index in [0.29, 0.717) is 25.1 Å². The van der Waals surface area contributed by atoms with Crippen LogP contribution in [-0.2, 0) is 4.79 Å². The van der Waals surface area contributed by atoms with Crippen LogP contribution >= 0.6 is 0 Å². The fraction of sp³-hybridized carbons (Fsp3) is 0.200. The summed E-state index contributed by atoms with van der Waals surface area (Å²) in [5.74, 6) is 0.613. The van der Waals surface area contributed by atoms with Crippen molar-refractivity contribution in [2.45, 2.75) is 19.4 Å². The number of carbonyl (C=O) groups excluding carboxylic acids is 2. The molecule has 0 aliphatic carbocycles. The number of amides is 2. The van der Waals surface area contributed by atoms with Crippen LogP contribution < -0.4 is 15.0 Å². The molecule has 1 fully saturated rings. The Morgan fingerprint density at radius 3 is 2.30 bits per heavy atom. The molecule has 0 bridgehead atoms. The van der Waals surface area contributed by atoms with Gasteiger partial charge in [-0.1, -0.05) is 42.5 Å². The first-order chi connectivity index (χ1) is 14.6. The van der Waals surface area contributed by atoms with Gasteiger partial charge in [0.25, 0.3) is 5.91 Å². The summed E-state index contributed by atoms with van der Waals surface area (Å²) in [6.45, 7) is 2.99. The molecule has 0 unspecified atom stereocenters. The molecule has 0 saturated carbocycles. The van der Waals surface area contributed by atoms with Crippen LogP contribution in [0.1, 0.15) is 23.7 Å². The third-order valence-corrected chi connectivity index (χ3v) is 5.17. The van der Waals surface area contributed by atoms with Gasteiger partial charge in [-0.3, -0.25) is 9.59 Å². The van der Waals surface area contributed by atoms with E-state index < -0.39 is 0 Å². The molecule has 152 valence electrons. The highest BCUT2D eigenvalue weighted by molar-refractivity contribution is 5.99. The number of carbonyl (C=O) groups is 2. The second kappa shape index (κ2) is 8.82. The molecular weight excluding hydrogens is 376 g/mol. The zero-order valence-corrected chi connectivity index (χ0v) is 16.9. The van der Waals surface area contributed by atoms with Crippen LogP contribution in [0.2, 0.25) is 0 Å². The molecule has 30 heavy (non-hydrogen) atoms. The minimum Gasteiger partial charge on any atom is -0.494 e. The molecule has 2 amide bonds. The van der Waals surface area contributed by atoms with E-state index in [-0.39, 0.29) is 17.9 Å². The van der Waals surface area contributed by atoms with Crippen molar-refractivity contribution in [1.29, 1.82) is 0 Å². The van der Waals surface area contributed by atoms with Gasteiger partial charge in [0, 0.05) is 24.2 Å². The third kappa shape index (κ3) is 4.35. The first-order valence-corrected chi connectivity index (χ1v) is 10.1. The van der Waals surface area contributed by atoms with E-state index in [1.807, 2.05) is 85.8 Å². The molecule has 1 atom stereocenters. The van der Waals surface area contributed by atoms with Gasteiger partial charge in [0.05, 0.1) is 12.6 Å². The molecular formula is C25H24N2O3. The number of nitrogens with one attached hydrogen (secondary N) is 1. The van der Waals surface area contributed by atoms with Gasteiger partial charge in [0.2, 0.25) is 5.91 Å². The van der Waals surface area contributed by atoms with Crippen LogP contribution in [0.15, 0.2) is 78.9 Å². The van der Waals surface area contributed by atoms with Gasteiger partial charge in [-0.2, -0.15) is 0 Å². The lowest BCUT2D eigenvalue weighted by atomic mass is 10.0. The van der Waals surface area contributed by atoms with Gasteiger partial charge >= 0.3 is 0 Å². The fourth-order valence-corrected chi connectivity index (χ4v) is 3.66. The van der Waals surface area contributed by atoms with E-state index in [2.05, 4.69) is 5.32 Å². The van der Waals surface area contributed by atoms with Crippen molar-refractivity contribution in [3.8, 4) is 16.9 Å². The fourth-order valence-electron chi connectivity index (χ4n) is 3.66. The summed E-state index contributed by atoms with van der Waals surface area (Å²) < 4.78 is 5.45. The number of rotatable bonds is 6. The average Bonchev–Trinajstić information content (AvgIpc) is 3.15. The summed E-state index contributed by atoms with van der Waals surface area (Å²) in [4.78, 5) is 26.8. The summed E-state index contributed by atoms with van der Waals surface area (Å²) in [5, 5.41) is 2.99. The number of anilines is 1. The van der Waals surface area contributed by atoms with Crippen molar-refractivity contribution in [3.05, 3.63) is 84.4 Å². The lowest BCUT2D eigenvalue weighted by Crippen LogP contribution is -2.37. The van der Waals surface area contributed by atoms with Crippen molar-refractivity contribution in [3.63, 3.8) is 0 Å². The zero-order valence-electron chi connectivity index (χ0n) is 16.9. The van der Waals surface area contributed by atoms with Gasteiger partial charge in [-0.25, -0.2) is 0 Å². The lowest BCUT2D eigenvalue weighted by molar-refractivity contribution is -0.117. The van der Waals surface area contributed by atoms with Gasteiger partial charge in [-0.05, 0) is 54.4 Å². The summed E-state index contributed by atoms with van der Waals surface area (Å²) in [6, 6.07) is 24.8. The maximum atomic E-state index is 12.7. The Labute approximate surface area is 176 Å². The average molecular weight is 400 g/mol. The third-order valence-electron chi connectivity index (χ3n) is 5.17. The highest BCUT2D eigenvalue weighted by atomic mass is 16.5. The monoisotopic (exact) mass is 400 g/mol. The van der Waals surface area contributed by atoms with Crippen LogP contribution in [0.3, 0.4) is 0 Å². The quantitative estimate of drug-likeness (QED) is 0.672.